The van der Waals surface area contributed by atoms with Gasteiger partial charge in [-0.3, -0.25) is 4.84 Å². The molecule has 0 radical (unpaired) electrons. The second-order valence-corrected chi connectivity index (χ2v) is 1.06. The molecule has 0 amide bonds. The molecule has 7 N–H and O–H groups in total. The molecule has 10 heteroatoms. The standard InChI is InChI=1S/CH10N6O4/c1-8-5-10-7(3)11-6-9-4-2/h4-6H,2-3H2,1H3. The van der Waals surface area contributed by atoms with E-state index in [9.17, 15) is 0 Å². The molecule has 10 nitrogen and oxygen atoms in total. The second-order valence-electron chi connectivity index (χ2n) is 1.06. The SMILES string of the molecule is CONON(N)ONONN. The van der Waals surface area contributed by atoms with E-state index in [1.165, 1.54) is 7.11 Å². The molecule has 0 aliphatic heterocycles. The summed E-state index contributed by atoms with van der Waals surface area (Å²) in [4.78, 5) is 16.8. The minimum atomic E-state index is 0.376. The minimum absolute atomic E-state index is 0.376. The largest absolute Gasteiger partial charge is 0.278 e. The van der Waals surface area contributed by atoms with Crippen LogP contribution in [0.2, 0.25) is 0 Å². The summed E-state index contributed by atoms with van der Waals surface area (Å²) in [6, 6.07) is 0. The summed E-state index contributed by atoms with van der Waals surface area (Å²) in [6.45, 7) is 0. The molecule has 0 saturated carbocycles. The predicted molar refractivity (Wildman–Crippen MR) is 29.9 cm³/mol. The molecule has 11 heavy (non-hydrogen) atoms. The highest BCUT2D eigenvalue weighted by Gasteiger charge is 1.97. The zero-order valence-corrected chi connectivity index (χ0v) is 5.73. The number of nitrogens with two attached hydrogens (primary N) is 2. The Labute approximate surface area is 61.9 Å². The third kappa shape index (κ3) is 7.50. The first-order chi connectivity index (χ1) is 5.31. The van der Waals surface area contributed by atoms with Gasteiger partial charge >= 0.3 is 0 Å². The summed E-state index contributed by atoms with van der Waals surface area (Å²) in [5.41, 5.74) is 5.45. The lowest BCUT2D eigenvalue weighted by Crippen LogP contribution is -2.43. The lowest BCUT2D eigenvalue weighted by Gasteiger charge is -2.12. The van der Waals surface area contributed by atoms with Crippen LogP contribution in [0.5, 0.6) is 0 Å². The average Bonchev–Trinajstić information content (AvgIpc) is 2.01. The highest BCUT2D eigenvalue weighted by atomic mass is 17.2. The summed E-state index contributed by atoms with van der Waals surface area (Å²) in [7, 11) is 1.32. The van der Waals surface area contributed by atoms with Gasteiger partial charge in [0.05, 0.1) is 7.11 Å². The Morgan fingerprint density at radius 1 is 1.27 bits per heavy atom. The van der Waals surface area contributed by atoms with E-state index in [0.29, 0.717) is 5.34 Å². The Balaban J connectivity index is 3.02. The van der Waals surface area contributed by atoms with E-state index >= 15 is 0 Å². The molecule has 0 heterocycles. The van der Waals surface area contributed by atoms with Crippen molar-refractivity contribution in [2.45, 2.75) is 0 Å². The Bertz CT molecular complexity index is 81.0. The van der Waals surface area contributed by atoms with E-state index in [2.05, 4.69) is 25.5 Å². The molecule has 0 aliphatic rings. The van der Waals surface area contributed by atoms with Gasteiger partial charge in [-0.05, 0) is 5.64 Å². The fourth-order valence-electron chi connectivity index (χ4n) is 0.172. The lowest BCUT2D eigenvalue weighted by molar-refractivity contribution is -0.484. The van der Waals surface area contributed by atoms with Gasteiger partial charge in [0.25, 0.3) is 0 Å². The molecule has 0 atom stereocenters. The highest BCUT2D eigenvalue weighted by molar-refractivity contribution is 3.76. The van der Waals surface area contributed by atoms with Crippen LogP contribution >= 0.6 is 0 Å². The first-order valence-corrected chi connectivity index (χ1v) is 2.34. The van der Waals surface area contributed by atoms with Gasteiger partial charge in [-0.1, -0.05) is 5.64 Å². The van der Waals surface area contributed by atoms with Crippen LogP contribution in [-0.2, 0) is 19.7 Å². The summed E-state index contributed by atoms with van der Waals surface area (Å²) < 4.78 is 0. The maximum absolute atomic E-state index is 4.94. The van der Waals surface area contributed by atoms with Crippen molar-refractivity contribution in [3.8, 4) is 0 Å². The monoisotopic (exact) mass is 170 g/mol. The molecule has 0 saturated heterocycles. The van der Waals surface area contributed by atoms with Crippen LogP contribution < -0.4 is 28.6 Å². The number of nitrogens with zero attached hydrogens (tertiary/aromatic N) is 1. The van der Waals surface area contributed by atoms with Gasteiger partial charge in [0.2, 0.25) is 0 Å². The quantitative estimate of drug-likeness (QED) is 0.152. The molecule has 0 rings (SSSR count). The summed E-state index contributed by atoms with van der Waals surface area (Å²) in [5, 5.41) is 0.376. The van der Waals surface area contributed by atoms with Crippen molar-refractivity contribution < 1.29 is 19.7 Å². The molecular weight excluding hydrogens is 160 g/mol. The van der Waals surface area contributed by atoms with Crippen molar-refractivity contribution in [2.75, 3.05) is 7.11 Å². The van der Waals surface area contributed by atoms with Crippen LogP contribution in [0.25, 0.3) is 0 Å². The summed E-state index contributed by atoms with van der Waals surface area (Å²) in [5.74, 6) is 9.60. The van der Waals surface area contributed by atoms with E-state index in [-0.39, 0.29) is 0 Å². The van der Waals surface area contributed by atoms with Crippen molar-refractivity contribution in [1.82, 2.24) is 22.2 Å². The van der Waals surface area contributed by atoms with Gasteiger partial charge in [0, 0.05) is 5.34 Å². The van der Waals surface area contributed by atoms with E-state index in [1.807, 2.05) is 5.64 Å². The number of rotatable bonds is 7. The molecule has 0 aromatic heterocycles. The molecule has 0 aromatic rings. The molecule has 0 fully saturated rings. The van der Waals surface area contributed by atoms with Crippen LogP contribution in [-0.4, -0.2) is 12.4 Å². The molecule has 68 valence electrons. The van der Waals surface area contributed by atoms with Crippen molar-refractivity contribution >= 4 is 0 Å². The van der Waals surface area contributed by atoms with E-state index in [0.717, 1.165) is 0 Å². The van der Waals surface area contributed by atoms with E-state index in [1.54, 1.807) is 11.2 Å². The normalized spacial score (nSPS) is 10.9. The molecule has 0 aromatic carbocycles. The van der Waals surface area contributed by atoms with Crippen molar-refractivity contribution in [3.05, 3.63) is 0 Å². The van der Waals surface area contributed by atoms with Crippen LogP contribution in [0.3, 0.4) is 0 Å². The number of hydrogen-bond donors (Lipinski definition) is 5. The third-order valence-corrected chi connectivity index (χ3v) is 0.438. The molecule has 0 spiro atoms. The van der Waals surface area contributed by atoms with Crippen molar-refractivity contribution in [1.29, 1.82) is 0 Å². The highest BCUT2D eigenvalue weighted by Crippen LogP contribution is 1.73. The van der Waals surface area contributed by atoms with Gasteiger partial charge in [0.15, 0.2) is 0 Å². The van der Waals surface area contributed by atoms with Crippen LogP contribution in [0.4, 0.5) is 0 Å². The van der Waals surface area contributed by atoms with Gasteiger partial charge < -0.3 is 0 Å². The van der Waals surface area contributed by atoms with Crippen LogP contribution in [0, 0.1) is 0 Å². The van der Waals surface area contributed by atoms with Crippen molar-refractivity contribution in [2.24, 2.45) is 11.7 Å². The van der Waals surface area contributed by atoms with Gasteiger partial charge in [-0.15, -0.1) is 15.5 Å². The topological polar surface area (TPSA) is 128 Å². The average molecular weight is 170 g/mol. The fraction of sp³-hybridized carbons (Fsp3) is 1.00. The molecular formula is CH10N6O4. The number of hydrogen-bond acceptors (Lipinski definition) is 10. The van der Waals surface area contributed by atoms with Crippen LogP contribution in [0.15, 0.2) is 0 Å². The number of hydrazine groups is 2. The smallest absolute Gasteiger partial charge is 0.0599 e. The first kappa shape index (κ1) is 10.6. The summed E-state index contributed by atoms with van der Waals surface area (Å²) >= 11 is 0. The van der Waals surface area contributed by atoms with Gasteiger partial charge in [-0.25, -0.2) is 11.7 Å². The van der Waals surface area contributed by atoms with E-state index < -0.39 is 0 Å². The van der Waals surface area contributed by atoms with E-state index in [4.69, 9.17) is 5.84 Å². The predicted octanol–water partition coefficient (Wildman–Crippen LogP) is -3.09. The fourth-order valence-corrected chi connectivity index (χ4v) is 0.172. The summed E-state index contributed by atoms with van der Waals surface area (Å²) in [6.07, 6.45) is 0. The van der Waals surface area contributed by atoms with Gasteiger partial charge in [0.1, 0.15) is 0 Å². The maximum Gasteiger partial charge on any atom is 0.0599 e. The second kappa shape index (κ2) is 7.70. The zero-order chi connectivity index (χ0) is 8.53. The molecule has 0 unspecified atom stereocenters. The Morgan fingerprint density at radius 3 is 2.45 bits per heavy atom. The Kier molecular flexibility index (Phi) is 7.42. The van der Waals surface area contributed by atoms with Crippen LogP contribution in [0.1, 0.15) is 0 Å². The lowest BCUT2D eigenvalue weighted by atomic mass is 11.7. The Morgan fingerprint density at radius 2 is 1.91 bits per heavy atom. The minimum Gasteiger partial charge on any atom is -0.278 e. The first-order valence-electron chi connectivity index (χ1n) is 2.34. The Hall–Kier alpha value is -0.400. The van der Waals surface area contributed by atoms with Crippen molar-refractivity contribution in [3.63, 3.8) is 0 Å². The maximum atomic E-state index is 4.94. The third-order valence-electron chi connectivity index (χ3n) is 0.438. The van der Waals surface area contributed by atoms with Gasteiger partial charge in [-0.2, -0.15) is 4.94 Å². The molecule has 0 aliphatic carbocycles. The molecule has 0 bridgehead atoms. The zero-order valence-electron chi connectivity index (χ0n) is 5.73. The number of nitrogens with one attached hydrogen (secondary N) is 3.